The van der Waals surface area contributed by atoms with E-state index in [0.29, 0.717) is 24.8 Å². The highest BCUT2D eigenvalue weighted by Crippen LogP contribution is 2.37. The summed E-state index contributed by atoms with van der Waals surface area (Å²) in [5.41, 5.74) is 0. The number of halogens is 1. The van der Waals surface area contributed by atoms with Gasteiger partial charge in [0.2, 0.25) is 5.09 Å². The molecule has 1 aromatic heterocycles. The molecular weight excluding hydrogens is 302 g/mol. The van der Waals surface area contributed by atoms with E-state index in [1.54, 1.807) is 13.2 Å². The SMILES string of the molecule is COCCN(C(C)C1CC1)S(=O)(=O)c1ccc(CCl)o1. The van der Waals surface area contributed by atoms with Crippen molar-refractivity contribution < 1.29 is 17.6 Å². The number of methoxy groups -OCH3 is 1. The van der Waals surface area contributed by atoms with E-state index in [0.717, 1.165) is 12.8 Å². The third-order valence-corrected chi connectivity index (χ3v) is 5.73. The summed E-state index contributed by atoms with van der Waals surface area (Å²) in [5, 5.41) is -0.0447. The van der Waals surface area contributed by atoms with Crippen LogP contribution < -0.4 is 0 Å². The standard InChI is InChI=1S/C13H20ClNO4S/c1-10(11-3-4-11)15(7-8-18-2)20(16,17)13-6-5-12(9-14)19-13/h5-6,10-11H,3-4,7-9H2,1-2H3. The molecule has 2 rings (SSSR count). The maximum atomic E-state index is 12.7. The molecule has 20 heavy (non-hydrogen) atoms. The topological polar surface area (TPSA) is 59.8 Å². The molecule has 0 aromatic carbocycles. The number of alkyl halides is 1. The van der Waals surface area contributed by atoms with Gasteiger partial charge in [0.1, 0.15) is 5.76 Å². The number of hydrogen-bond acceptors (Lipinski definition) is 4. The van der Waals surface area contributed by atoms with Gasteiger partial charge in [-0.1, -0.05) is 0 Å². The van der Waals surface area contributed by atoms with E-state index >= 15 is 0 Å². The minimum Gasteiger partial charge on any atom is -0.447 e. The van der Waals surface area contributed by atoms with Crippen molar-refractivity contribution in [3.63, 3.8) is 0 Å². The largest absolute Gasteiger partial charge is 0.447 e. The van der Waals surface area contributed by atoms with E-state index in [1.165, 1.54) is 10.4 Å². The minimum absolute atomic E-state index is 0.0419. The second-order valence-electron chi connectivity index (χ2n) is 5.04. The van der Waals surface area contributed by atoms with Crippen molar-refractivity contribution in [3.05, 3.63) is 17.9 Å². The van der Waals surface area contributed by atoms with Crippen LogP contribution in [0.15, 0.2) is 21.6 Å². The van der Waals surface area contributed by atoms with Crippen LogP contribution in [0.3, 0.4) is 0 Å². The van der Waals surface area contributed by atoms with Gasteiger partial charge in [0.25, 0.3) is 10.0 Å². The van der Waals surface area contributed by atoms with Crippen LogP contribution in [0.1, 0.15) is 25.5 Å². The first-order chi connectivity index (χ1) is 9.50. The van der Waals surface area contributed by atoms with Gasteiger partial charge in [-0.25, -0.2) is 8.42 Å². The summed E-state index contributed by atoms with van der Waals surface area (Å²) < 4.78 is 37.2. The van der Waals surface area contributed by atoms with Gasteiger partial charge in [0, 0.05) is 19.7 Å². The van der Waals surface area contributed by atoms with Gasteiger partial charge in [-0.3, -0.25) is 0 Å². The molecule has 1 unspecified atom stereocenters. The molecule has 0 radical (unpaired) electrons. The van der Waals surface area contributed by atoms with E-state index < -0.39 is 10.0 Å². The van der Waals surface area contributed by atoms with E-state index in [-0.39, 0.29) is 17.0 Å². The summed E-state index contributed by atoms with van der Waals surface area (Å²) in [6.45, 7) is 2.63. The lowest BCUT2D eigenvalue weighted by Gasteiger charge is -2.27. The van der Waals surface area contributed by atoms with Gasteiger partial charge >= 0.3 is 0 Å². The lowest BCUT2D eigenvalue weighted by Crippen LogP contribution is -2.41. The molecule has 1 aromatic rings. The molecular formula is C13H20ClNO4S. The van der Waals surface area contributed by atoms with Crippen LogP contribution >= 0.6 is 11.6 Å². The second-order valence-corrected chi connectivity index (χ2v) is 7.13. The van der Waals surface area contributed by atoms with Gasteiger partial charge in [0.15, 0.2) is 0 Å². The van der Waals surface area contributed by atoms with Crippen LogP contribution in [-0.4, -0.2) is 39.0 Å². The fourth-order valence-corrected chi connectivity index (χ4v) is 3.97. The molecule has 114 valence electrons. The Labute approximate surface area is 124 Å². The Kier molecular flexibility index (Phi) is 5.12. The lowest BCUT2D eigenvalue weighted by molar-refractivity contribution is 0.163. The quantitative estimate of drug-likeness (QED) is 0.690. The van der Waals surface area contributed by atoms with Crippen molar-refractivity contribution in [2.75, 3.05) is 20.3 Å². The summed E-state index contributed by atoms with van der Waals surface area (Å²) in [6.07, 6.45) is 2.15. The van der Waals surface area contributed by atoms with Crippen LogP contribution in [0.5, 0.6) is 0 Å². The minimum atomic E-state index is -3.64. The van der Waals surface area contributed by atoms with Crippen LogP contribution in [0.4, 0.5) is 0 Å². The Bertz CT molecular complexity index is 538. The van der Waals surface area contributed by atoms with E-state index in [4.69, 9.17) is 20.8 Å². The molecule has 0 amide bonds. The summed E-state index contributed by atoms with van der Waals surface area (Å²) in [7, 11) is -2.08. The molecule has 1 heterocycles. The highest BCUT2D eigenvalue weighted by atomic mass is 35.5. The van der Waals surface area contributed by atoms with Gasteiger partial charge in [-0.15, -0.1) is 11.6 Å². The Hall–Kier alpha value is -0.560. The Morgan fingerprint density at radius 2 is 2.20 bits per heavy atom. The van der Waals surface area contributed by atoms with Crippen LogP contribution in [0, 0.1) is 5.92 Å². The fourth-order valence-electron chi connectivity index (χ4n) is 2.22. The molecule has 0 bridgehead atoms. The predicted molar refractivity (Wildman–Crippen MR) is 76.2 cm³/mol. The van der Waals surface area contributed by atoms with Crippen molar-refractivity contribution in [3.8, 4) is 0 Å². The molecule has 0 spiro atoms. The first kappa shape index (κ1) is 15.8. The van der Waals surface area contributed by atoms with Gasteiger partial charge in [-0.2, -0.15) is 4.31 Å². The first-order valence-corrected chi connectivity index (χ1v) is 8.63. The number of furan rings is 1. The third kappa shape index (κ3) is 3.36. The smallest absolute Gasteiger partial charge is 0.276 e. The average molecular weight is 322 g/mol. The van der Waals surface area contributed by atoms with Crippen LogP contribution in [0.2, 0.25) is 0 Å². The molecule has 0 N–H and O–H groups in total. The van der Waals surface area contributed by atoms with Gasteiger partial charge in [-0.05, 0) is 37.8 Å². The van der Waals surface area contributed by atoms with E-state index in [1.807, 2.05) is 6.92 Å². The van der Waals surface area contributed by atoms with E-state index in [2.05, 4.69) is 0 Å². The molecule has 5 nitrogen and oxygen atoms in total. The zero-order valence-corrected chi connectivity index (χ0v) is 13.3. The Balaban J connectivity index is 2.24. The summed E-state index contributed by atoms with van der Waals surface area (Å²) in [4.78, 5) is 0. The van der Waals surface area contributed by atoms with Crippen molar-refractivity contribution in [2.45, 2.75) is 36.8 Å². The van der Waals surface area contributed by atoms with Gasteiger partial charge in [0.05, 0.1) is 12.5 Å². The average Bonchev–Trinajstić information content (AvgIpc) is 3.15. The number of sulfonamides is 1. The monoisotopic (exact) mass is 321 g/mol. The molecule has 1 aliphatic carbocycles. The Morgan fingerprint density at radius 3 is 2.70 bits per heavy atom. The molecule has 1 aliphatic rings. The Morgan fingerprint density at radius 1 is 1.50 bits per heavy atom. The number of rotatable bonds is 8. The highest BCUT2D eigenvalue weighted by molar-refractivity contribution is 7.89. The second kappa shape index (κ2) is 6.47. The van der Waals surface area contributed by atoms with Gasteiger partial charge < -0.3 is 9.15 Å². The predicted octanol–water partition coefficient (Wildman–Crippen LogP) is 2.45. The molecule has 0 aliphatic heterocycles. The number of hydrogen-bond donors (Lipinski definition) is 0. The lowest BCUT2D eigenvalue weighted by atomic mass is 10.2. The highest BCUT2D eigenvalue weighted by Gasteiger charge is 2.39. The summed E-state index contributed by atoms with van der Waals surface area (Å²) >= 11 is 5.65. The molecule has 1 atom stereocenters. The van der Waals surface area contributed by atoms with Crippen molar-refractivity contribution in [1.29, 1.82) is 0 Å². The van der Waals surface area contributed by atoms with Crippen molar-refractivity contribution in [2.24, 2.45) is 5.92 Å². The number of ether oxygens (including phenoxy) is 1. The van der Waals surface area contributed by atoms with Crippen LogP contribution in [-0.2, 0) is 20.6 Å². The van der Waals surface area contributed by atoms with E-state index in [9.17, 15) is 8.42 Å². The van der Waals surface area contributed by atoms with Crippen molar-refractivity contribution in [1.82, 2.24) is 4.31 Å². The molecule has 7 heteroatoms. The fraction of sp³-hybridized carbons (Fsp3) is 0.692. The zero-order valence-electron chi connectivity index (χ0n) is 11.7. The maximum absolute atomic E-state index is 12.7. The molecule has 1 saturated carbocycles. The first-order valence-electron chi connectivity index (χ1n) is 6.66. The third-order valence-electron chi connectivity index (χ3n) is 3.61. The number of nitrogens with zero attached hydrogens (tertiary/aromatic N) is 1. The summed E-state index contributed by atoms with van der Waals surface area (Å²) in [6, 6.07) is 3.02. The molecule has 0 saturated heterocycles. The normalized spacial score (nSPS) is 17.6. The summed E-state index contributed by atoms with van der Waals surface area (Å²) in [5.74, 6) is 1.05. The zero-order chi connectivity index (χ0) is 14.8. The maximum Gasteiger partial charge on any atom is 0.276 e. The molecule has 1 fully saturated rings. The van der Waals surface area contributed by atoms with Crippen molar-refractivity contribution >= 4 is 21.6 Å². The van der Waals surface area contributed by atoms with Crippen LogP contribution in [0.25, 0.3) is 0 Å².